The first-order valence-corrected chi connectivity index (χ1v) is 6.34. The van der Waals surface area contributed by atoms with Crippen LogP contribution in [0, 0.1) is 0 Å². The van der Waals surface area contributed by atoms with Crippen LogP contribution in [0.3, 0.4) is 0 Å². The lowest BCUT2D eigenvalue weighted by Gasteiger charge is -2.34. The standard InChI is InChI=1S/C12H24N2O2/c1-2-5-13-7-9-14(10-8-13)6-3-4-12(16)11-15/h11-12,16H,2-10H2,1H3. The van der Waals surface area contributed by atoms with Crippen LogP contribution in [-0.4, -0.2) is 66.6 Å². The van der Waals surface area contributed by atoms with E-state index in [0.29, 0.717) is 12.7 Å². The van der Waals surface area contributed by atoms with E-state index in [4.69, 9.17) is 5.11 Å². The van der Waals surface area contributed by atoms with E-state index in [1.807, 2.05) is 0 Å². The summed E-state index contributed by atoms with van der Waals surface area (Å²) in [5.41, 5.74) is 0. The highest BCUT2D eigenvalue weighted by Gasteiger charge is 2.15. The maximum atomic E-state index is 10.2. The normalized spacial score (nSPS) is 20.9. The van der Waals surface area contributed by atoms with Crippen molar-refractivity contribution < 1.29 is 9.90 Å². The first kappa shape index (κ1) is 13.6. The van der Waals surface area contributed by atoms with Crippen molar-refractivity contribution in [1.82, 2.24) is 9.80 Å². The maximum absolute atomic E-state index is 10.2. The van der Waals surface area contributed by atoms with Gasteiger partial charge in [-0.3, -0.25) is 0 Å². The molecule has 4 heteroatoms. The summed E-state index contributed by atoms with van der Waals surface area (Å²) in [5, 5.41) is 9.10. The molecule has 1 rings (SSSR count). The minimum Gasteiger partial charge on any atom is -0.386 e. The van der Waals surface area contributed by atoms with E-state index in [2.05, 4.69) is 16.7 Å². The Labute approximate surface area is 98.2 Å². The number of aliphatic hydroxyl groups excluding tert-OH is 1. The third-order valence-corrected chi connectivity index (χ3v) is 3.14. The number of aliphatic hydroxyl groups is 1. The second-order valence-corrected chi connectivity index (χ2v) is 4.53. The van der Waals surface area contributed by atoms with Gasteiger partial charge in [-0.25, -0.2) is 0 Å². The van der Waals surface area contributed by atoms with E-state index in [1.54, 1.807) is 0 Å². The van der Waals surface area contributed by atoms with Crippen LogP contribution >= 0.6 is 0 Å². The third kappa shape index (κ3) is 5.05. The molecule has 1 aliphatic rings. The van der Waals surface area contributed by atoms with Gasteiger partial charge in [-0.05, 0) is 32.4 Å². The molecule has 94 valence electrons. The molecule has 0 bridgehead atoms. The van der Waals surface area contributed by atoms with E-state index in [-0.39, 0.29) is 0 Å². The van der Waals surface area contributed by atoms with Gasteiger partial charge in [0.05, 0.1) is 0 Å². The molecule has 0 radical (unpaired) electrons. The Balaban J connectivity index is 2.05. The molecular formula is C12H24N2O2. The number of rotatable bonds is 7. The van der Waals surface area contributed by atoms with Gasteiger partial charge in [0.15, 0.2) is 0 Å². The van der Waals surface area contributed by atoms with Crippen molar-refractivity contribution in [2.75, 3.05) is 39.3 Å². The van der Waals surface area contributed by atoms with Gasteiger partial charge in [0.25, 0.3) is 0 Å². The fourth-order valence-electron chi connectivity index (χ4n) is 2.14. The van der Waals surface area contributed by atoms with Crippen LogP contribution in [0.15, 0.2) is 0 Å². The topological polar surface area (TPSA) is 43.8 Å². The zero-order valence-corrected chi connectivity index (χ0v) is 10.3. The van der Waals surface area contributed by atoms with Crippen molar-refractivity contribution in [1.29, 1.82) is 0 Å². The summed E-state index contributed by atoms with van der Waals surface area (Å²) in [5.74, 6) is 0. The average molecular weight is 228 g/mol. The largest absolute Gasteiger partial charge is 0.386 e. The van der Waals surface area contributed by atoms with E-state index in [1.165, 1.54) is 13.0 Å². The van der Waals surface area contributed by atoms with Crippen molar-refractivity contribution in [2.24, 2.45) is 0 Å². The Bertz CT molecular complexity index is 191. The van der Waals surface area contributed by atoms with Gasteiger partial charge in [0.1, 0.15) is 12.4 Å². The van der Waals surface area contributed by atoms with Gasteiger partial charge >= 0.3 is 0 Å². The zero-order valence-electron chi connectivity index (χ0n) is 10.3. The molecule has 16 heavy (non-hydrogen) atoms. The highest BCUT2D eigenvalue weighted by molar-refractivity contribution is 5.55. The lowest BCUT2D eigenvalue weighted by molar-refractivity contribution is -0.115. The van der Waals surface area contributed by atoms with Crippen LogP contribution in [0.1, 0.15) is 26.2 Å². The van der Waals surface area contributed by atoms with Crippen molar-refractivity contribution in [3.8, 4) is 0 Å². The Morgan fingerprint density at radius 1 is 1.19 bits per heavy atom. The molecular weight excluding hydrogens is 204 g/mol. The fraction of sp³-hybridized carbons (Fsp3) is 0.917. The Morgan fingerprint density at radius 3 is 2.25 bits per heavy atom. The summed E-state index contributed by atoms with van der Waals surface area (Å²) in [6, 6.07) is 0. The van der Waals surface area contributed by atoms with Crippen LogP contribution in [-0.2, 0) is 4.79 Å². The average Bonchev–Trinajstić information content (AvgIpc) is 2.31. The summed E-state index contributed by atoms with van der Waals surface area (Å²) in [6.07, 6.45) is 2.60. The highest BCUT2D eigenvalue weighted by atomic mass is 16.3. The second kappa shape index (κ2) is 7.76. The molecule has 4 nitrogen and oxygen atoms in total. The van der Waals surface area contributed by atoms with E-state index < -0.39 is 6.10 Å². The fourth-order valence-corrected chi connectivity index (χ4v) is 2.14. The van der Waals surface area contributed by atoms with Gasteiger partial charge in [0, 0.05) is 26.2 Å². The second-order valence-electron chi connectivity index (χ2n) is 4.53. The van der Waals surface area contributed by atoms with Crippen molar-refractivity contribution in [3.05, 3.63) is 0 Å². The predicted octanol–water partition coefficient (Wildman–Crippen LogP) is 0.354. The number of carbonyl (C=O) groups excluding carboxylic acids is 1. The molecule has 1 unspecified atom stereocenters. The van der Waals surface area contributed by atoms with Crippen LogP contribution in [0.4, 0.5) is 0 Å². The summed E-state index contributed by atoms with van der Waals surface area (Å²) in [4.78, 5) is 15.1. The Morgan fingerprint density at radius 2 is 1.75 bits per heavy atom. The summed E-state index contributed by atoms with van der Waals surface area (Å²) < 4.78 is 0. The number of hydrogen-bond acceptors (Lipinski definition) is 4. The Hall–Kier alpha value is -0.450. The first-order valence-electron chi connectivity index (χ1n) is 6.34. The van der Waals surface area contributed by atoms with Crippen LogP contribution in [0.5, 0.6) is 0 Å². The summed E-state index contributed by atoms with van der Waals surface area (Å²) in [7, 11) is 0. The smallest absolute Gasteiger partial charge is 0.148 e. The molecule has 1 N–H and O–H groups in total. The van der Waals surface area contributed by atoms with Crippen LogP contribution in [0.25, 0.3) is 0 Å². The molecule has 0 spiro atoms. The van der Waals surface area contributed by atoms with Crippen molar-refractivity contribution in [3.63, 3.8) is 0 Å². The minimum absolute atomic E-state index is 0.596. The number of piperazine rings is 1. The van der Waals surface area contributed by atoms with Gasteiger partial charge in [-0.15, -0.1) is 0 Å². The van der Waals surface area contributed by atoms with E-state index in [9.17, 15) is 4.79 Å². The molecule has 1 atom stereocenters. The summed E-state index contributed by atoms with van der Waals surface area (Å²) >= 11 is 0. The monoisotopic (exact) mass is 228 g/mol. The first-order chi connectivity index (χ1) is 7.76. The highest BCUT2D eigenvalue weighted by Crippen LogP contribution is 2.04. The number of nitrogens with zero attached hydrogens (tertiary/aromatic N) is 2. The van der Waals surface area contributed by atoms with Crippen molar-refractivity contribution >= 4 is 6.29 Å². The van der Waals surface area contributed by atoms with Crippen molar-refractivity contribution in [2.45, 2.75) is 32.3 Å². The third-order valence-electron chi connectivity index (χ3n) is 3.14. The van der Waals surface area contributed by atoms with E-state index in [0.717, 1.165) is 39.1 Å². The summed E-state index contributed by atoms with van der Waals surface area (Å²) in [6.45, 7) is 8.98. The molecule has 1 heterocycles. The lowest BCUT2D eigenvalue weighted by atomic mass is 10.2. The molecule has 1 saturated heterocycles. The molecule has 0 saturated carbocycles. The number of aldehydes is 1. The van der Waals surface area contributed by atoms with Crippen LogP contribution in [0.2, 0.25) is 0 Å². The Kier molecular flexibility index (Phi) is 6.61. The molecule has 1 aliphatic heterocycles. The minimum atomic E-state index is -0.763. The molecule has 0 aliphatic carbocycles. The molecule has 0 aromatic carbocycles. The molecule has 0 amide bonds. The van der Waals surface area contributed by atoms with E-state index >= 15 is 0 Å². The number of carbonyl (C=O) groups is 1. The van der Waals surface area contributed by atoms with Gasteiger partial charge in [-0.1, -0.05) is 6.92 Å². The van der Waals surface area contributed by atoms with Gasteiger partial charge in [-0.2, -0.15) is 0 Å². The molecule has 0 aromatic heterocycles. The van der Waals surface area contributed by atoms with Gasteiger partial charge in [0.2, 0.25) is 0 Å². The molecule has 1 fully saturated rings. The quantitative estimate of drug-likeness (QED) is 0.639. The SMILES string of the molecule is CCCN1CCN(CCCC(O)C=O)CC1. The van der Waals surface area contributed by atoms with Crippen LogP contribution < -0.4 is 0 Å². The zero-order chi connectivity index (χ0) is 11.8. The predicted molar refractivity (Wildman–Crippen MR) is 64.5 cm³/mol. The number of hydrogen-bond donors (Lipinski definition) is 1. The lowest BCUT2D eigenvalue weighted by Crippen LogP contribution is -2.46. The van der Waals surface area contributed by atoms with Gasteiger partial charge < -0.3 is 19.7 Å². The molecule has 0 aromatic rings. The maximum Gasteiger partial charge on any atom is 0.148 e.